The zero-order valence-electron chi connectivity index (χ0n) is 14.6. The van der Waals surface area contributed by atoms with Crippen molar-refractivity contribution in [2.24, 2.45) is 11.5 Å². The smallest absolute Gasteiger partial charge is 0.316 e. The minimum atomic E-state index is -0.751. The fourth-order valence-electron chi connectivity index (χ4n) is 2.98. The number of piperidine rings is 1. The summed E-state index contributed by atoms with van der Waals surface area (Å²) in [7, 11) is 0. The third kappa shape index (κ3) is 4.63. The number of anilines is 1. The lowest BCUT2D eigenvalue weighted by Gasteiger charge is -2.23. The van der Waals surface area contributed by atoms with Crippen molar-refractivity contribution in [1.82, 2.24) is 10.6 Å². The van der Waals surface area contributed by atoms with E-state index in [1.54, 1.807) is 30.3 Å². The van der Waals surface area contributed by atoms with Crippen molar-refractivity contribution in [3.05, 3.63) is 40.8 Å². The van der Waals surface area contributed by atoms with E-state index in [1.165, 1.54) is 11.3 Å². The summed E-state index contributed by atoms with van der Waals surface area (Å²) in [6.45, 7) is 1.66. The van der Waals surface area contributed by atoms with E-state index in [2.05, 4.69) is 16.0 Å². The highest BCUT2D eigenvalue weighted by Gasteiger charge is 2.22. The highest BCUT2D eigenvalue weighted by atomic mass is 32.1. The minimum Gasteiger partial charge on any atom is -0.366 e. The van der Waals surface area contributed by atoms with Gasteiger partial charge in [0.25, 0.3) is 5.91 Å². The van der Waals surface area contributed by atoms with Gasteiger partial charge in [-0.2, -0.15) is 0 Å². The number of thiophene rings is 1. The Balaban J connectivity index is 1.90. The Bertz CT molecular complexity index is 874. The highest BCUT2D eigenvalue weighted by Crippen LogP contribution is 2.35. The molecule has 0 saturated carbocycles. The van der Waals surface area contributed by atoms with E-state index in [0.717, 1.165) is 24.9 Å². The van der Waals surface area contributed by atoms with Crippen molar-refractivity contribution in [2.75, 3.05) is 18.4 Å². The lowest BCUT2D eigenvalue weighted by molar-refractivity contribution is 0.0934. The lowest BCUT2D eigenvalue weighted by atomic mass is 10.1. The summed E-state index contributed by atoms with van der Waals surface area (Å²) in [5.74, 6) is -0.804. The number of primary amides is 2. The van der Waals surface area contributed by atoms with Crippen LogP contribution in [0.2, 0.25) is 0 Å². The number of carbonyl (C=O) groups is 3. The van der Waals surface area contributed by atoms with Crippen LogP contribution in [0.15, 0.2) is 30.3 Å². The van der Waals surface area contributed by atoms with Crippen molar-refractivity contribution in [3.8, 4) is 10.4 Å². The van der Waals surface area contributed by atoms with E-state index in [0.29, 0.717) is 27.5 Å². The predicted octanol–water partition coefficient (Wildman–Crippen LogP) is 1.49. The Labute approximate surface area is 160 Å². The van der Waals surface area contributed by atoms with Gasteiger partial charge in [-0.1, -0.05) is 12.1 Å². The molecule has 9 heteroatoms. The van der Waals surface area contributed by atoms with Gasteiger partial charge in [0, 0.05) is 23.0 Å². The van der Waals surface area contributed by atoms with Crippen LogP contribution in [0.3, 0.4) is 0 Å². The van der Waals surface area contributed by atoms with E-state index >= 15 is 0 Å². The molecule has 1 aliphatic rings. The monoisotopic (exact) mass is 387 g/mol. The number of urea groups is 1. The first-order valence-electron chi connectivity index (χ1n) is 8.56. The third-order valence-electron chi connectivity index (χ3n) is 4.26. The molecule has 0 radical (unpaired) electrons. The second-order valence-corrected chi connectivity index (χ2v) is 7.36. The zero-order chi connectivity index (χ0) is 19.4. The molecule has 1 aliphatic heterocycles. The standard InChI is InChI=1S/C18H21N5O3S/c19-16(24)11-4-1-3-10(7-11)14-8-13(23-18(20)26)15(27-14)17(25)22-12-5-2-6-21-9-12/h1,3-4,7-8,12,21H,2,5-6,9H2,(H2,19,24)(H,22,25)(H3,20,23,26)/t12-/m0/s1. The Kier molecular flexibility index (Phi) is 5.72. The summed E-state index contributed by atoms with van der Waals surface area (Å²) in [5.41, 5.74) is 12.0. The Morgan fingerprint density at radius 2 is 2.00 bits per heavy atom. The van der Waals surface area contributed by atoms with Gasteiger partial charge in [-0.05, 0) is 43.1 Å². The van der Waals surface area contributed by atoms with Crippen molar-refractivity contribution in [2.45, 2.75) is 18.9 Å². The topological polar surface area (TPSA) is 139 Å². The van der Waals surface area contributed by atoms with E-state index in [4.69, 9.17) is 11.5 Å². The molecule has 1 saturated heterocycles. The molecule has 142 valence electrons. The first-order valence-corrected chi connectivity index (χ1v) is 9.38. The van der Waals surface area contributed by atoms with Crippen LogP contribution in [-0.4, -0.2) is 37.0 Å². The fourth-order valence-corrected chi connectivity index (χ4v) is 3.99. The van der Waals surface area contributed by atoms with Crippen molar-refractivity contribution in [3.63, 3.8) is 0 Å². The summed E-state index contributed by atoms with van der Waals surface area (Å²) in [6, 6.07) is 7.74. The van der Waals surface area contributed by atoms with Gasteiger partial charge >= 0.3 is 6.03 Å². The number of amides is 4. The molecule has 2 aromatic rings. The Morgan fingerprint density at radius 1 is 1.19 bits per heavy atom. The SMILES string of the molecule is NC(=O)Nc1cc(-c2cccc(C(N)=O)c2)sc1C(=O)N[C@H]1CCCNC1. The molecular formula is C18H21N5O3S. The third-order valence-corrected chi connectivity index (χ3v) is 5.44. The van der Waals surface area contributed by atoms with Gasteiger partial charge in [0.2, 0.25) is 5.91 Å². The summed E-state index contributed by atoms with van der Waals surface area (Å²) in [5, 5.41) is 8.73. The van der Waals surface area contributed by atoms with E-state index in [1.807, 2.05) is 0 Å². The largest absolute Gasteiger partial charge is 0.366 e. The van der Waals surface area contributed by atoms with Gasteiger partial charge < -0.3 is 27.4 Å². The fraction of sp³-hybridized carbons (Fsp3) is 0.278. The van der Waals surface area contributed by atoms with Crippen LogP contribution < -0.4 is 27.4 Å². The summed E-state index contributed by atoms with van der Waals surface area (Å²) >= 11 is 1.22. The summed E-state index contributed by atoms with van der Waals surface area (Å²) in [6.07, 6.45) is 1.89. The first-order chi connectivity index (χ1) is 12.9. The molecule has 1 aromatic carbocycles. The number of hydrogen-bond acceptors (Lipinski definition) is 5. The molecule has 2 heterocycles. The van der Waals surface area contributed by atoms with Crippen LogP contribution in [0.5, 0.6) is 0 Å². The van der Waals surface area contributed by atoms with Gasteiger partial charge in [0.15, 0.2) is 0 Å². The molecule has 0 bridgehead atoms. The normalized spacial score (nSPS) is 16.5. The van der Waals surface area contributed by atoms with Crippen molar-refractivity contribution in [1.29, 1.82) is 0 Å². The Hall–Kier alpha value is -2.91. The van der Waals surface area contributed by atoms with E-state index in [9.17, 15) is 14.4 Å². The van der Waals surface area contributed by atoms with Crippen molar-refractivity contribution < 1.29 is 14.4 Å². The average Bonchev–Trinajstić information content (AvgIpc) is 3.06. The second kappa shape index (κ2) is 8.19. The van der Waals surface area contributed by atoms with Crippen molar-refractivity contribution >= 4 is 34.9 Å². The zero-order valence-corrected chi connectivity index (χ0v) is 15.4. The highest BCUT2D eigenvalue weighted by molar-refractivity contribution is 7.18. The molecule has 0 unspecified atom stereocenters. The second-order valence-electron chi connectivity index (χ2n) is 6.30. The number of nitrogens with two attached hydrogens (primary N) is 2. The van der Waals surface area contributed by atoms with E-state index in [-0.39, 0.29) is 11.9 Å². The van der Waals surface area contributed by atoms with Gasteiger partial charge in [0.1, 0.15) is 4.88 Å². The lowest BCUT2D eigenvalue weighted by Crippen LogP contribution is -2.45. The molecule has 0 spiro atoms. The molecule has 1 fully saturated rings. The van der Waals surface area contributed by atoms with Crippen LogP contribution in [0.25, 0.3) is 10.4 Å². The maximum atomic E-state index is 12.7. The molecule has 0 aliphatic carbocycles. The van der Waals surface area contributed by atoms with Gasteiger partial charge in [0.05, 0.1) is 5.69 Å². The maximum absolute atomic E-state index is 12.7. The predicted molar refractivity (Wildman–Crippen MR) is 105 cm³/mol. The molecule has 27 heavy (non-hydrogen) atoms. The van der Waals surface area contributed by atoms with Crippen LogP contribution in [0, 0.1) is 0 Å². The molecule has 7 N–H and O–H groups in total. The molecule has 8 nitrogen and oxygen atoms in total. The first kappa shape index (κ1) is 18.9. The molecular weight excluding hydrogens is 366 g/mol. The Morgan fingerprint density at radius 3 is 2.67 bits per heavy atom. The van der Waals surface area contributed by atoms with Crippen LogP contribution in [0.1, 0.15) is 32.9 Å². The summed E-state index contributed by atoms with van der Waals surface area (Å²) in [4.78, 5) is 36.6. The molecule has 1 aromatic heterocycles. The van der Waals surface area contributed by atoms with E-state index < -0.39 is 11.9 Å². The molecule has 3 rings (SSSR count). The van der Waals surface area contributed by atoms with Gasteiger partial charge in [-0.15, -0.1) is 11.3 Å². The van der Waals surface area contributed by atoms with Crippen LogP contribution in [0.4, 0.5) is 10.5 Å². The molecule has 1 atom stereocenters. The maximum Gasteiger partial charge on any atom is 0.316 e. The number of benzene rings is 1. The van der Waals surface area contributed by atoms with Gasteiger partial charge in [-0.3, -0.25) is 9.59 Å². The molecule has 4 amide bonds. The van der Waals surface area contributed by atoms with Gasteiger partial charge in [-0.25, -0.2) is 4.79 Å². The summed E-state index contributed by atoms with van der Waals surface area (Å²) < 4.78 is 0. The number of hydrogen-bond donors (Lipinski definition) is 5. The quantitative estimate of drug-likeness (QED) is 0.530. The van der Waals surface area contributed by atoms with Crippen LogP contribution >= 0.6 is 11.3 Å². The van der Waals surface area contributed by atoms with Crippen LogP contribution in [-0.2, 0) is 0 Å². The number of rotatable bonds is 5. The number of nitrogens with one attached hydrogen (secondary N) is 3. The average molecular weight is 387 g/mol. The minimum absolute atomic E-state index is 0.0383. The number of carbonyl (C=O) groups excluding carboxylic acids is 3.